The molecule has 8 nitrogen and oxygen atoms in total. The van der Waals surface area contributed by atoms with Gasteiger partial charge in [0, 0.05) is 18.7 Å². The standard InChI is InChI=1S/C13H13N3O5/c1-2-15-8-14-6-10(15)7-21-12-5-9(13(17)18)3-4-11(12)16(19)20/h3-6,8H,2,7H2,1H3,(H,17,18). The molecule has 0 aliphatic rings. The lowest BCUT2D eigenvalue weighted by atomic mass is 10.2. The molecule has 0 saturated carbocycles. The van der Waals surface area contributed by atoms with E-state index in [2.05, 4.69) is 4.98 Å². The van der Waals surface area contributed by atoms with Gasteiger partial charge in [-0.3, -0.25) is 10.1 Å². The fourth-order valence-corrected chi connectivity index (χ4v) is 1.82. The first-order chi connectivity index (χ1) is 10.0. The number of nitro groups is 1. The summed E-state index contributed by atoms with van der Waals surface area (Å²) in [6.45, 7) is 2.69. The number of aromatic nitrogens is 2. The van der Waals surface area contributed by atoms with Crippen LogP contribution in [-0.2, 0) is 13.2 Å². The van der Waals surface area contributed by atoms with Crippen molar-refractivity contribution in [3.63, 3.8) is 0 Å². The number of nitro benzene ring substituents is 1. The summed E-state index contributed by atoms with van der Waals surface area (Å²) in [7, 11) is 0. The Kier molecular flexibility index (Phi) is 4.17. The molecular weight excluding hydrogens is 278 g/mol. The zero-order chi connectivity index (χ0) is 15.4. The van der Waals surface area contributed by atoms with Crippen LogP contribution in [0.5, 0.6) is 5.75 Å². The molecular formula is C13H13N3O5. The quantitative estimate of drug-likeness (QED) is 0.645. The highest BCUT2D eigenvalue weighted by Crippen LogP contribution is 2.28. The molecule has 1 N–H and O–H groups in total. The molecule has 2 aromatic rings. The number of nitrogens with zero attached hydrogens (tertiary/aromatic N) is 3. The Balaban J connectivity index is 2.27. The van der Waals surface area contributed by atoms with Gasteiger partial charge in [-0.15, -0.1) is 0 Å². The summed E-state index contributed by atoms with van der Waals surface area (Å²) in [5.74, 6) is -1.25. The van der Waals surface area contributed by atoms with Gasteiger partial charge in [-0.1, -0.05) is 0 Å². The Morgan fingerprint density at radius 1 is 1.52 bits per heavy atom. The second-order valence-electron chi connectivity index (χ2n) is 4.20. The molecule has 0 aliphatic heterocycles. The summed E-state index contributed by atoms with van der Waals surface area (Å²) in [5, 5.41) is 19.9. The van der Waals surface area contributed by atoms with Crippen LogP contribution >= 0.6 is 0 Å². The van der Waals surface area contributed by atoms with E-state index < -0.39 is 10.9 Å². The number of carboxylic acids is 1. The summed E-state index contributed by atoms with van der Waals surface area (Å²) in [4.78, 5) is 25.2. The van der Waals surface area contributed by atoms with E-state index in [0.29, 0.717) is 6.54 Å². The largest absolute Gasteiger partial charge is 0.480 e. The zero-order valence-corrected chi connectivity index (χ0v) is 11.2. The molecule has 0 bridgehead atoms. The minimum Gasteiger partial charge on any atom is -0.480 e. The normalized spacial score (nSPS) is 10.3. The van der Waals surface area contributed by atoms with Crippen LogP contribution in [0.4, 0.5) is 5.69 Å². The smallest absolute Gasteiger partial charge is 0.335 e. The van der Waals surface area contributed by atoms with Crippen molar-refractivity contribution in [2.45, 2.75) is 20.1 Å². The molecule has 0 unspecified atom stereocenters. The maximum absolute atomic E-state index is 10.9. The van der Waals surface area contributed by atoms with E-state index in [9.17, 15) is 14.9 Å². The maximum atomic E-state index is 10.9. The average Bonchev–Trinajstić information content (AvgIpc) is 2.91. The van der Waals surface area contributed by atoms with E-state index in [1.54, 1.807) is 12.5 Å². The van der Waals surface area contributed by atoms with Crippen molar-refractivity contribution >= 4 is 11.7 Å². The van der Waals surface area contributed by atoms with Gasteiger partial charge >= 0.3 is 11.7 Å². The number of hydrogen-bond acceptors (Lipinski definition) is 5. The second kappa shape index (κ2) is 6.04. The summed E-state index contributed by atoms with van der Waals surface area (Å²) >= 11 is 0. The Bertz CT molecular complexity index is 680. The lowest BCUT2D eigenvalue weighted by Crippen LogP contribution is -2.06. The Morgan fingerprint density at radius 3 is 2.90 bits per heavy atom. The second-order valence-corrected chi connectivity index (χ2v) is 4.20. The summed E-state index contributed by atoms with van der Waals surface area (Å²) < 4.78 is 7.24. The fourth-order valence-electron chi connectivity index (χ4n) is 1.82. The molecule has 0 aliphatic carbocycles. The van der Waals surface area contributed by atoms with E-state index in [-0.39, 0.29) is 23.6 Å². The number of aromatic carboxylic acids is 1. The van der Waals surface area contributed by atoms with Gasteiger partial charge in [-0.25, -0.2) is 9.78 Å². The van der Waals surface area contributed by atoms with Gasteiger partial charge in [0.25, 0.3) is 0 Å². The van der Waals surface area contributed by atoms with Gasteiger partial charge in [0.05, 0.1) is 28.7 Å². The van der Waals surface area contributed by atoms with Crippen molar-refractivity contribution in [2.75, 3.05) is 0 Å². The van der Waals surface area contributed by atoms with Crippen LogP contribution in [0, 0.1) is 10.1 Å². The molecule has 21 heavy (non-hydrogen) atoms. The number of aryl methyl sites for hydroxylation is 1. The van der Waals surface area contributed by atoms with Gasteiger partial charge in [0.2, 0.25) is 0 Å². The molecule has 0 fully saturated rings. The number of carboxylic acid groups (broad SMARTS) is 1. The van der Waals surface area contributed by atoms with Crippen LogP contribution in [0.15, 0.2) is 30.7 Å². The van der Waals surface area contributed by atoms with Crippen LogP contribution in [-0.4, -0.2) is 25.6 Å². The summed E-state index contributed by atoms with van der Waals surface area (Å²) in [6, 6.07) is 3.44. The molecule has 0 radical (unpaired) electrons. The van der Waals surface area contributed by atoms with Gasteiger partial charge in [-0.2, -0.15) is 0 Å². The minimum absolute atomic E-state index is 0.0672. The first-order valence-corrected chi connectivity index (χ1v) is 6.16. The van der Waals surface area contributed by atoms with Crippen molar-refractivity contribution in [2.24, 2.45) is 0 Å². The number of imidazole rings is 1. The number of benzene rings is 1. The maximum Gasteiger partial charge on any atom is 0.335 e. The molecule has 2 rings (SSSR count). The van der Waals surface area contributed by atoms with Crippen LogP contribution in [0.25, 0.3) is 0 Å². The van der Waals surface area contributed by atoms with Crippen molar-refractivity contribution in [3.05, 3.63) is 52.1 Å². The van der Waals surface area contributed by atoms with E-state index in [1.165, 1.54) is 6.07 Å². The minimum atomic E-state index is -1.17. The highest BCUT2D eigenvalue weighted by molar-refractivity contribution is 5.88. The van der Waals surface area contributed by atoms with Crippen LogP contribution in [0.3, 0.4) is 0 Å². The Labute approximate surface area is 119 Å². The third-order valence-corrected chi connectivity index (χ3v) is 2.92. The van der Waals surface area contributed by atoms with Crippen molar-refractivity contribution < 1.29 is 19.6 Å². The molecule has 110 valence electrons. The van der Waals surface area contributed by atoms with Crippen molar-refractivity contribution in [1.29, 1.82) is 0 Å². The predicted octanol–water partition coefficient (Wildman–Crippen LogP) is 2.09. The van der Waals surface area contributed by atoms with E-state index >= 15 is 0 Å². The van der Waals surface area contributed by atoms with E-state index in [1.807, 2.05) is 11.5 Å². The zero-order valence-electron chi connectivity index (χ0n) is 11.2. The van der Waals surface area contributed by atoms with Crippen molar-refractivity contribution in [1.82, 2.24) is 9.55 Å². The summed E-state index contributed by atoms with van der Waals surface area (Å²) in [6.07, 6.45) is 3.22. The van der Waals surface area contributed by atoms with E-state index in [4.69, 9.17) is 9.84 Å². The van der Waals surface area contributed by atoms with Crippen molar-refractivity contribution in [3.8, 4) is 5.75 Å². The Hall–Kier alpha value is -2.90. The summed E-state index contributed by atoms with van der Waals surface area (Å²) in [5.41, 5.74) is 0.398. The topological polar surface area (TPSA) is 107 Å². The predicted molar refractivity (Wildman–Crippen MR) is 72.3 cm³/mol. The lowest BCUT2D eigenvalue weighted by molar-refractivity contribution is -0.386. The molecule has 0 saturated heterocycles. The first kappa shape index (κ1) is 14.5. The van der Waals surface area contributed by atoms with Crippen LogP contribution < -0.4 is 4.74 Å². The fraction of sp³-hybridized carbons (Fsp3) is 0.231. The average molecular weight is 291 g/mol. The number of carbonyl (C=O) groups is 1. The monoisotopic (exact) mass is 291 g/mol. The molecule has 0 spiro atoms. The third-order valence-electron chi connectivity index (χ3n) is 2.92. The Morgan fingerprint density at radius 2 is 2.29 bits per heavy atom. The lowest BCUT2D eigenvalue weighted by Gasteiger charge is -2.09. The highest BCUT2D eigenvalue weighted by Gasteiger charge is 2.18. The van der Waals surface area contributed by atoms with Crippen LogP contribution in [0.1, 0.15) is 23.0 Å². The number of hydrogen-bond donors (Lipinski definition) is 1. The molecule has 1 aromatic heterocycles. The number of ether oxygens (including phenoxy) is 1. The first-order valence-electron chi connectivity index (χ1n) is 6.16. The molecule has 8 heteroatoms. The SMILES string of the molecule is CCn1cncc1COc1cc(C(=O)O)ccc1[N+](=O)[O-]. The molecule has 1 heterocycles. The van der Waals surface area contributed by atoms with Gasteiger partial charge in [0.15, 0.2) is 5.75 Å². The third kappa shape index (κ3) is 3.16. The molecule has 1 aromatic carbocycles. The molecule has 0 atom stereocenters. The van der Waals surface area contributed by atoms with E-state index in [0.717, 1.165) is 17.8 Å². The van der Waals surface area contributed by atoms with Gasteiger partial charge in [0.1, 0.15) is 6.61 Å². The van der Waals surface area contributed by atoms with Gasteiger partial charge < -0.3 is 14.4 Å². The van der Waals surface area contributed by atoms with Crippen LogP contribution in [0.2, 0.25) is 0 Å². The van der Waals surface area contributed by atoms with Gasteiger partial charge in [-0.05, 0) is 13.0 Å². The molecule has 0 amide bonds. The number of rotatable bonds is 6. The highest BCUT2D eigenvalue weighted by atomic mass is 16.6.